The lowest BCUT2D eigenvalue weighted by Crippen LogP contribution is -2.21. The number of para-hydroxylation sites is 1. The summed E-state index contributed by atoms with van der Waals surface area (Å²) in [5, 5.41) is 9.25. The second-order valence-electron chi connectivity index (χ2n) is 4.80. The first-order valence-electron chi connectivity index (χ1n) is 7.11. The predicted molar refractivity (Wildman–Crippen MR) is 85.3 cm³/mol. The molecule has 0 atom stereocenters. The Labute approximate surface area is 134 Å². The first kappa shape index (κ1) is 16.5. The molecule has 1 N–H and O–H groups in total. The lowest BCUT2D eigenvalue weighted by Gasteiger charge is -2.22. The molecule has 2 rings (SSSR count). The Morgan fingerprint density at radius 1 is 1.39 bits per heavy atom. The number of ether oxygens (including phenoxy) is 2. The highest BCUT2D eigenvalue weighted by Crippen LogP contribution is 2.32. The van der Waals surface area contributed by atoms with Crippen LogP contribution in [0.4, 0.5) is 5.82 Å². The largest absolute Gasteiger partial charge is 0.493 e. The average molecular weight is 317 g/mol. The number of methoxy groups -OCH3 is 1. The van der Waals surface area contributed by atoms with Gasteiger partial charge in [0.15, 0.2) is 11.5 Å². The maximum absolute atomic E-state index is 11.3. The van der Waals surface area contributed by atoms with E-state index >= 15 is 0 Å². The van der Waals surface area contributed by atoms with Gasteiger partial charge in [-0.3, -0.25) is 0 Å². The number of hydrogen-bond acceptors (Lipinski definition) is 6. The minimum atomic E-state index is -1.07. The Bertz CT molecular complexity index is 691. The van der Waals surface area contributed by atoms with Crippen LogP contribution in [0.15, 0.2) is 30.7 Å². The number of hydrogen-bond donors (Lipinski definition) is 1. The van der Waals surface area contributed by atoms with Gasteiger partial charge in [-0.2, -0.15) is 0 Å². The van der Waals surface area contributed by atoms with Gasteiger partial charge in [-0.05, 0) is 13.0 Å². The maximum atomic E-state index is 11.3. The lowest BCUT2D eigenvalue weighted by atomic mass is 10.1. The van der Waals surface area contributed by atoms with Gasteiger partial charge in [-0.15, -0.1) is 0 Å². The van der Waals surface area contributed by atoms with E-state index in [0.717, 1.165) is 5.56 Å². The van der Waals surface area contributed by atoms with Crippen LogP contribution in [-0.4, -0.2) is 41.8 Å². The first-order chi connectivity index (χ1) is 11.1. The number of rotatable bonds is 7. The summed E-state index contributed by atoms with van der Waals surface area (Å²) in [6.07, 6.45) is 2.61. The number of nitrogens with zero attached hydrogens (tertiary/aromatic N) is 3. The van der Waals surface area contributed by atoms with E-state index in [-0.39, 0.29) is 5.56 Å². The SMILES string of the molecule is CCOc1c(CN(C)c2ncncc2C(=O)O)cccc1OC. The summed E-state index contributed by atoms with van der Waals surface area (Å²) in [6, 6.07) is 5.59. The molecule has 0 unspecified atom stereocenters. The molecule has 0 aliphatic rings. The fourth-order valence-electron chi connectivity index (χ4n) is 2.26. The van der Waals surface area contributed by atoms with Crippen LogP contribution in [0.25, 0.3) is 0 Å². The van der Waals surface area contributed by atoms with E-state index in [1.807, 2.05) is 25.1 Å². The van der Waals surface area contributed by atoms with Crippen molar-refractivity contribution in [3.05, 3.63) is 41.9 Å². The van der Waals surface area contributed by atoms with Gasteiger partial charge in [0.25, 0.3) is 0 Å². The number of aromatic carboxylic acids is 1. The summed E-state index contributed by atoms with van der Waals surface area (Å²) in [4.78, 5) is 20.9. The topological polar surface area (TPSA) is 84.8 Å². The van der Waals surface area contributed by atoms with Crippen molar-refractivity contribution < 1.29 is 19.4 Å². The van der Waals surface area contributed by atoms with Gasteiger partial charge >= 0.3 is 5.97 Å². The van der Waals surface area contributed by atoms with Crippen LogP contribution in [-0.2, 0) is 6.54 Å². The van der Waals surface area contributed by atoms with Crippen LogP contribution in [0, 0.1) is 0 Å². The van der Waals surface area contributed by atoms with Gasteiger partial charge in [-0.25, -0.2) is 14.8 Å². The van der Waals surface area contributed by atoms with E-state index in [4.69, 9.17) is 9.47 Å². The van der Waals surface area contributed by atoms with E-state index in [1.165, 1.54) is 12.5 Å². The highest BCUT2D eigenvalue weighted by Gasteiger charge is 2.18. The van der Waals surface area contributed by atoms with Crippen molar-refractivity contribution in [1.82, 2.24) is 9.97 Å². The third kappa shape index (κ3) is 3.68. The third-order valence-electron chi connectivity index (χ3n) is 3.26. The molecule has 1 aromatic heterocycles. The number of carboxylic acids is 1. The van der Waals surface area contributed by atoms with Crippen LogP contribution >= 0.6 is 0 Å². The van der Waals surface area contributed by atoms with Crippen molar-refractivity contribution in [2.24, 2.45) is 0 Å². The highest BCUT2D eigenvalue weighted by molar-refractivity contribution is 5.92. The van der Waals surface area contributed by atoms with Crippen LogP contribution < -0.4 is 14.4 Å². The molecule has 0 aliphatic heterocycles. The van der Waals surface area contributed by atoms with Gasteiger partial charge < -0.3 is 19.5 Å². The van der Waals surface area contributed by atoms with Crippen molar-refractivity contribution >= 4 is 11.8 Å². The second-order valence-corrected chi connectivity index (χ2v) is 4.80. The Balaban J connectivity index is 2.34. The zero-order valence-corrected chi connectivity index (χ0v) is 13.3. The average Bonchev–Trinajstić information content (AvgIpc) is 2.56. The molecule has 122 valence electrons. The Morgan fingerprint density at radius 3 is 2.83 bits per heavy atom. The summed E-state index contributed by atoms with van der Waals surface area (Å²) in [6.45, 7) is 2.82. The van der Waals surface area contributed by atoms with Crippen molar-refractivity contribution in [2.45, 2.75) is 13.5 Å². The molecule has 0 fully saturated rings. The second kappa shape index (κ2) is 7.44. The van der Waals surface area contributed by atoms with E-state index in [1.54, 1.807) is 19.1 Å². The minimum absolute atomic E-state index is 0.0517. The quantitative estimate of drug-likeness (QED) is 0.838. The van der Waals surface area contributed by atoms with E-state index < -0.39 is 5.97 Å². The van der Waals surface area contributed by atoms with Crippen LogP contribution in [0.5, 0.6) is 11.5 Å². The smallest absolute Gasteiger partial charge is 0.341 e. The predicted octanol–water partition coefficient (Wildman–Crippen LogP) is 2.22. The molecule has 0 radical (unpaired) electrons. The standard InChI is InChI=1S/C16H19N3O4/c1-4-23-14-11(6-5-7-13(14)22-3)9-19(2)15-12(16(20)21)8-17-10-18-15/h5-8,10H,4,9H2,1-3H3,(H,20,21). The minimum Gasteiger partial charge on any atom is -0.493 e. The molecule has 0 spiro atoms. The van der Waals surface area contributed by atoms with Gasteiger partial charge in [0.1, 0.15) is 17.7 Å². The summed E-state index contributed by atoms with van der Waals surface area (Å²) < 4.78 is 11.0. The number of carboxylic acid groups (broad SMARTS) is 1. The van der Waals surface area contributed by atoms with Crippen molar-refractivity contribution in [1.29, 1.82) is 0 Å². The summed E-state index contributed by atoms with van der Waals surface area (Å²) in [5.41, 5.74) is 0.930. The molecule has 1 aromatic carbocycles. The summed E-state index contributed by atoms with van der Waals surface area (Å²) >= 11 is 0. The van der Waals surface area contributed by atoms with Gasteiger partial charge in [0.05, 0.1) is 13.7 Å². The van der Waals surface area contributed by atoms with Crippen LogP contribution in [0.3, 0.4) is 0 Å². The van der Waals surface area contributed by atoms with Crippen LogP contribution in [0.2, 0.25) is 0 Å². The zero-order chi connectivity index (χ0) is 16.8. The third-order valence-corrected chi connectivity index (χ3v) is 3.26. The first-order valence-corrected chi connectivity index (χ1v) is 7.11. The fourth-order valence-corrected chi connectivity index (χ4v) is 2.26. The molecule has 23 heavy (non-hydrogen) atoms. The molecule has 2 aromatic rings. The molecule has 0 saturated heterocycles. The maximum Gasteiger partial charge on any atom is 0.341 e. The van der Waals surface area contributed by atoms with Gasteiger partial charge in [0, 0.05) is 25.4 Å². The number of carbonyl (C=O) groups is 1. The molecular formula is C16H19N3O4. The highest BCUT2D eigenvalue weighted by atomic mass is 16.5. The molecule has 0 aliphatic carbocycles. The van der Waals surface area contributed by atoms with Crippen molar-refractivity contribution in [2.75, 3.05) is 25.7 Å². The molecule has 1 heterocycles. The Morgan fingerprint density at radius 2 is 2.17 bits per heavy atom. The van der Waals surface area contributed by atoms with Gasteiger partial charge in [0.2, 0.25) is 0 Å². The monoisotopic (exact) mass is 317 g/mol. The van der Waals surface area contributed by atoms with E-state index in [9.17, 15) is 9.90 Å². The van der Waals surface area contributed by atoms with Crippen molar-refractivity contribution in [3.8, 4) is 11.5 Å². The van der Waals surface area contributed by atoms with E-state index in [0.29, 0.717) is 30.5 Å². The Kier molecular flexibility index (Phi) is 5.35. The number of aromatic nitrogens is 2. The molecule has 0 bridgehead atoms. The molecule has 0 saturated carbocycles. The Hall–Kier alpha value is -2.83. The number of benzene rings is 1. The summed E-state index contributed by atoms with van der Waals surface area (Å²) in [5.74, 6) is 0.565. The fraction of sp³-hybridized carbons (Fsp3) is 0.312. The van der Waals surface area contributed by atoms with Crippen molar-refractivity contribution in [3.63, 3.8) is 0 Å². The van der Waals surface area contributed by atoms with E-state index in [2.05, 4.69) is 9.97 Å². The van der Waals surface area contributed by atoms with Crippen LogP contribution in [0.1, 0.15) is 22.8 Å². The normalized spacial score (nSPS) is 10.2. The molecular weight excluding hydrogens is 298 g/mol. The molecule has 0 amide bonds. The molecule has 7 heteroatoms. The number of anilines is 1. The lowest BCUT2D eigenvalue weighted by molar-refractivity contribution is 0.0696. The molecule has 7 nitrogen and oxygen atoms in total. The zero-order valence-electron chi connectivity index (χ0n) is 13.3. The van der Waals surface area contributed by atoms with Gasteiger partial charge in [-0.1, -0.05) is 12.1 Å². The summed E-state index contributed by atoms with van der Waals surface area (Å²) in [7, 11) is 3.35.